The van der Waals surface area contributed by atoms with Crippen LogP contribution in [0, 0.1) is 6.92 Å². The fourth-order valence-electron chi connectivity index (χ4n) is 2.44. The average Bonchev–Trinajstić information content (AvgIpc) is 2.68. The van der Waals surface area contributed by atoms with Crippen molar-refractivity contribution >= 4 is 35.1 Å². The number of nitrogens with zero attached hydrogens (tertiary/aromatic N) is 1. The highest BCUT2D eigenvalue weighted by atomic mass is 35.5. The van der Waals surface area contributed by atoms with Gasteiger partial charge in [0.25, 0.3) is 0 Å². The Kier molecular flexibility index (Phi) is 6.38. The van der Waals surface area contributed by atoms with Crippen molar-refractivity contribution in [1.82, 2.24) is 0 Å². The Bertz CT molecular complexity index is 953. The Hall–Kier alpha value is -2.49. The number of halogens is 2. The number of aryl methyl sites for hydroxylation is 1. The highest BCUT2D eigenvalue weighted by Crippen LogP contribution is 2.29. The van der Waals surface area contributed by atoms with E-state index in [1.165, 1.54) is 0 Å². The van der Waals surface area contributed by atoms with Gasteiger partial charge >= 0.3 is 0 Å². The van der Waals surface area contributed by atoms with Crippen molar-refractivity contribution in [2.24, 2.45) is 4.99 Å². The van der Waals surface area contributed by atoms with Crippen LogP contribution < -0.4 is 9.47 Å². The van der Waals surface area contributed by atoms with E-state index in [2.05, 4.69) is 4.99 Å². The second-order valence-corrected chi connectivity index (χ2v) is 6.86. The average molecular weight is 400 g/mol. The lowest BCUT2D eigenvalue weighted by molar-refractivity contribution is 0.284. The molecule has 0 fully saturated rings. The largest absolute Gasteiger partial charge is 0.493 e. The summed E-state index contributed by atoms with van der Waals surface area (Å²) in [5.41, 5.74) is 3.76. The van der Waals surface area contributed by atoms with Crippen LogP contribution in [0.15, 0.2) is 65.7 Å². The highest BCUT2D eigenvalue weighted by Gasteiger charge is 2.06. The van der Waals surface area contributed by atoms with Crippen LogP contribution in [-0.2, 0) is 6.61 Å². The highest BCUT2D eigenvalue weighted by molar-refractivity contribution is 6.31. The van der Waals surface area contributed by atoms with E-state index in [0.717, 1.165) is 22.4 Å². The fraction of sp³-hybridized carbons (Fsp3) is 0.136. The maximum atomic E-state index is 6.14. The summed E-state index contributed by atoms with van der Waals surface area (Å²) >= 11 is 12.0. The van der Waals surface area contributed by atoms with Gasteiger partial charge in [-0.25, -0.2) is 0 Å². The molecule has 0 heterocycles. The van der Waals surface area contributed by atoms with Gasteiger partial charge in [0.2, 0.25) is 0 Å². The van der Waals surface area contributed by atoms with Crippen molar-refractivity contribution in [2.75, 3.05) is 7.11 Å². The third-order valence-electron chi connectivity index (χ3n) is 4.01. The SMILES string of the molecule is COc1cc(C=Nc2ccc(C)c(Cl)c2)ccc1OCc1ccc(Cl)cc1. The van der Waals surface area contributed by atoms with Gasteiger partial charge in [-0.3, -0.25) is 4.99 Å². The predicted molar refractivity (Wildman–Crippen MR) is 112 cm³/mol. The smallest absolute Gasteiger partial charge is 0.161 e. The van der Waals surface area contributed by atoms with E-state index in [0.29, 0.717) is 28.2 Å². The van der Waals surface area contributed by atoms with Crippen LogP contribution in [0.1, 0.15) is 16.7 Å². The van der Waals surface area contributed by atoms with Gasteiger partial charge in [0, 0.05) is 16.3 Å². The molecule has 0 unspecified atom stereocenters. The first-order valence-electron chi connectivity index (χ1n) is 8.40. The Morgan fingerprint density at radius 2 is 1.70 bits per heavy atom. The third kappa shape index (κ3) is 5.25. The molecule has 0 aliphatic carbocycles. The minimum absolute atomic E-state index is 0.433. The van der Waals surface area contributed by atoms with Crippen molar-refractivity contribution in [1.29, 1.82) is 0 Å². The Morgan fingerprint density at radius 1 is 0.926 bits per heavy atom. The van der Waals surface area contributed by atoms with E-state index < -0.39 is 0 Å². The molecule has 0 radical (unpaired) electrons. The quantitative estimate of drug-likeness (QED) is 0.434. The molecule has 0 amide bonds. The predicted octanol–water partition coefficient (Wildman–Crippen LogP) is 6.64. The van der Waals surface area contributed by atoms with Gasteiger partial charge in [0.15, 0.2) is 11.5 Å². The zero-order valence-corrected chi connectivity index (χ0v) is 16.6. The minimum atomic E-state index is 0.433. The minimum Gasteiger partial charge on any atom is -0.493 e. The van der Waals surface area contributed by atoms with Crippen LogP contribution in [0.25, 0.3) is 0 Å². The molecule has 27 heavy (non-hydrogen) atoms. The molecule has 3 aromatic rings. The molecule has 0 bridgehead atoms. The lowest BCUT2D eigenvalue weighted by Gasteiger charge is -2.11. The number of hydrogen-bond acceptors (Lipinski definition) is 3. The second-order valence-electron chi connectivity index (χ2n) is 6.02. The monoisotopic (exact) mass is 399 g/mol. The fourth-order valence-corrected chi connectivity index (χ4v) is 2.74. The molecular weight excluding hydrogens is 381 g/mol. The van der Waals surface area contributed by atoms with Gasteiger partial charge in [-0.05, 0) is 66.1 Å². The van der Waals surface area contributed by atoms with Crippen molar-refractivity contribution in [2.45, 2.75) is 13.5 Å². The van der Waals surface area contributed by atoms with Crippen molar-refractivity contribution in [3.05, 3.63) is 87.4 Å². The van der Waals surface area contributed by atoms with Crippen LogP contribution >= 0.6 is 23.2 Å². The molecule has 5 heteroatoms. The lowest BCUT2D eigenvalue weighted by atomic mass is 10.2. The summed E-state index contributed by atoms with van der Waals surface area (Å²) in [6, 6.07) is 19.0. The van der Waals surface area contributed by atoms with Gasteiger partial charge in [-0.2, -0.15) is 0 Å². The molecular formula is C22H19Cl2NO2. The molecule has 138 valence electrons. The molecule has 0 aliphatic rings. The van der Waals surface area contributed by atoms with Gasteiger partial charge in [-0.1, -0.05) is 41.4 Å². The van der Waals surface area contributed by atoms with Crippen molar-refractivity contribution < 1.29 is 9.47 Å². The van der Waals surface area contributed by atoms with E-state index in [-0.39, 0.29) is 0 Å². The Morgan fingerprint density at radius 3 is 2.41 bits per heavy atom. The van der Waals surface area contributed by atoms with Crippen LogP contribution in [0.3, 0.4) is 0 Å². The molecule has 3 rings (SSSR count). The molecule has 0 spiro atoms. The number of rotatable bonds is 6. The summed E-state index contributed by atoms with van der Waals surface area (Å²) < 4.78 is 11.3. The summed E-state index contributed by atoms with van der Waals surface area (Å²) in [4.78, 5) is 4.47. The number of hydrogen-bond donors (Lipinski definition) is 0. The molecule has 3 nitrogen and oxygen atoms in total. The number of ether oxygens (including phenoxy) is 2. The number of methoxy groups -OCH3 is 1. The van der Waals surface area contributed by atoms with Gasteiger partial charge in [0.1, 0.15) is 6.61 Å². The first-order valence-corrected chi connectivity index (χ1v) is 9.16. The maximum Gasteiger partial charge on any atom is 0.161 e. The number of aliphatic imine (C=N–C) groups is 1. The van der Waals surface area contributed by atoms with Crippen molar-refractivity contribution in [3.8, 4) is 11.5 Å². The first kappa shape index (κ1) is 19.3. The van der Waals surface area contributed by atoms with E-state index in [9.17, 15) is 0 Å². The summed E-state index contributed by atoms with van der Waals surface area (Å²) in [6.07, 6.45) is 1.77. The van der Waals surface area contributed by atoms with Crippen LogP contribution in [0.2, 0.25) is 10.0 Å². The summed E-state index contributed by atoms with van der Waals surface area (Å²) in [5, 5.41) is 1.41. The van der Waals surface area contributed by atoms with E-state index in [4.69, 9.17) is 32.7 Å². The van der Waals surface area contributed by atoms with Crippen molar-refractivity contribution in [3.63, 3.8) is 0 Å². The Balaban J connectivity index is 1.72. The normalized spacial score (nSPS) is 11.0. The standard InChI is InChI=1S/C22H19Cl2NO2/c1-15-3-9-19(12-20(15)24)25-13-17-6-10-21(22(11-17)26-2)27-14-16-4-7-18(23)8-5-16/h3-13H,14H2,1-2H3. The summed E-state index contributed by atoms with van der Waals surface area (Å²) in [6.45, 7) is 2.40. The molecule has 0 aliphatic heterocycles. The maximum absolute atomic E-state index is 6.14. The summed E-state index contributed by atoms with van der Waals surface area (Å²) in [7, 11) is 1.62. The first-order chi connectivity index (χ1) is 13.0. The van der Waals surface area contributed by atoms with E-state index >= 15 is 0 Å². The topological polar surface area (TPSA) is 30.8 Å². The van der Waals surface area contributed by atoms with Gasteiger partial charge in [0.05, 0.1) is 12.8 Å². The van der Waals surface area contributed by atoms with Crippen LogP contribution in [0.5, 0.6) is 11.5 Å². The van der Waals surface area contributed by atoms with E-state index in [1.54, 1.807) is 13.3 Å². The lowest BCUT2D eigenvalue weighted by Crippen LogP contribution is -1.98. The molecule has 0 aromatic heterocycles. The summed E-state index contributed by atoms with van der Waals surface area (Å²) in [5.74, 6) is 1.32. The molecule has 0 saturated heterocycles. The van der Waals surface area contributed by atoms with Gasteiger partial charge in [-0.15, -0.1) is 0 Å². The van der Waals surface area contributed by atoms with E-state index in [1.807, 2.05) is 67.6 Å². The molecule has 0 saturated carbocycles. The molecule has 0 N–H and O–H groups in total. The zero-order valence-electron chi connectivity index (χ0n) is 15.1. The Labute approximate surface area is 169 Å². The van der Waals surface area contributed by atoms with Crippen LogP contribution in [0.4, 0.5) is 5.69 Å². The number of benzene rings is 3. The molecule has 3 aromatic carbocycles. The second kappa shape index (κ2) is 8.94. The third-order valence-corrected chi connectivity index (χ3v) is 4.67. The van der Waals surface area contributed by atoms with Gasteiger partial charge < -0.3 is 9.47 Å². The zero-order chi connectivity index (χ0) is 19.2. The van der Waals surface area contributed by atoms with Crippen LogP contribution in [-0.4, -0.2) is 13.3 Å². The molecule has 0 atom stereocenters.